The van der Waals surface area contributed by atoms with Crippen LogP contribution in [0.5, 0.6) is 0 Å². The second-order valence-electron chi connectivity index (χ2n) is 13.8. The summed E-state index contributed by atoms with van der Waals surface area (Å²) < 4.78 is 0. The SMILES string of the molecule is c1ccc(C2(c3ccccc3)c3ccccc3-c3ccc(-c4ccc(Nc5ccccc5-c5ccc6c(ccc7ccccc76)c5)cc4)cc32)cc1. The highest BCUT2D eigenvalue weighted by Crippen LogP contribution is 2.56. The molecule has 1 nitrogen and oxygen atoms in total. The molecule has 0 fully saturated rings. The summed E-state index contributed by atoms with van der Waals surface area (Å²) in [6.07, 6.45) is 0. The molecule has 0 saturated carbocycles. The lowest BCUT2D eigenvalue weighted by Gasteiger charge is -2.34. The van der Waals surface area contributed by atoms with Crippen molar-refractivity contribution in [1.29, 1.82) is 0 Å². The van der Waals surface area contributed by atoms with Crippen LogP contribution in [0.3, 0.4) is 0 Å². The molecule has 1 aliphatic carbocycles. The Morgan fingerprint density at radius 2 is 0.904 bits per heavy atom. The van der Waals surface area contributed by atoms with Gasteiger partial charge in [0.1, 0.15) is 0 Å². The van der Waals surface area contributed by atoms with Gasteiger partial charge in [0, 0.05) is 16.9 Å². The highest BCUT2D eigenvalue weighted by molar-refractivity contribution is 6.08. The highest BCUT2D eigenvalue weighted by Gasteiger charge is 2.46. The van der Waals surface area contributed by atoms with Crippen molar-refractivity contribution in [3.8, 4) is 33.4 Å². The van der Waals surface area contributed by atoms with Crippen molar-refractivity contribution in [3.05, 3.63) is 229 Å². The Bertz CT molecular complexity index is 2700. The maximum atomic E-state index is 3.74. The summed E-state index contributed by atoms with van der Waals surface area (Å²) in [4.78, 5) is 0. The molecule has 52 heavy (non-hydrogen) atoms. The zero-order valence-electron chi connectivity index (χ0n) is 28.6. The van der Waals surface area contributed by atoms with Gasteiger partial charge in [-0.3, -0.25) is 0 Å². The maximum Gasteiger partial charge on any atom is 0.0713 e. The molecular formula is C51H35N. The minimum Gasteiger partial charge on any atom is -0.355 e. The van der Waals surface area contributed by atoms with Crippen LogP contribution in [0.1, 0.15) is 22.3 Å². The minimum atomic E-state index is -0.411. The van der Waals surface area contributed by atoms with Crippen molar-refractivity contribution < 1.29 is 0 Å². The van der Waals surface area contributed by atoms with E-state index in [1.165, 1.54) is 77.2 Å². The molecular weight excluding hydrogens is 627 g/mol. The fourth-order valence-corrected chi connectivity index (χ4v) is 8.55. The maximum absolute atomic E-state index is 3.74. The molecule has 0 aromatic heterocycles. The molecule has 9 aromatic rings. The van der Waals surface area contributed by atoms with Crippen LogP contribution in [-0.4, -0.2) is 0 Å². The van der Waals surface area contributed by atoms with E-state index >= 15 is 0 Å². The van der Waals surface area contributed by atoms with Crippen LogP contribution in [-0.2, 0) is 5.41 Å². The molecule has 0 amide bonds. The lowest BCUT2D eigenvalue weighted by Crippen LogP contribution is -2.28. The summed E-state index contributed by atoms with van der Waals surface area (Å²) >= 11 is 0. The van der Waals surface area contributed by atoms with E-state index < -0.39 is 5.41 Å². The molecule has 0 unspecified atom stereocenters. The first kappa shape index (κ1) is 30.2. The molecule has 10 rings (SSSR count). The predicted octanol–water partition coefficient (Wildman–Crippen LogP) is 13.4. The molecule has 1 heteroatoms. The summed E-state index contributed by atoms with van der Waals surface area (Å²) in [5, 5.41) is 8.82. The Labute approximate surface area is 304 Å². The van der Waals surface area contributed by atoms with Gasteiger partial charge in [0.05, 0.1) is 5.41 Å². The summed E-state index contributed by atoms with van der Waals surface area (Å²) in [7, 11) is 0. The summed E-state index contributed by atoms with van der Waals surface area (Å²) in [5.41, 5.74) is 14.3. The first-order valence-corrected chi connectivity index (χ1v) is 18.0. The van der Waals surface area contributed by atoms with E-state index in [9.17, 15) is 0 Å². The van der Waals surface area contributed by atoms with Gasteiger partial charge in [0.2, 0.25) is 0 Å². The zero-order valence-corrected chi connectivity index (χ0v) is 28.6. The van der Waals surface area contributed by atoms with Crippen molar-refractivity contribution in [2.75, 3.05) is 5.32 Å². The minimum absolute atomic E-state index is 0.411. The Morgan fingerprint density at radius 3 is 1.69 bits per heavy atom. The molecule has 0 spiro atoms. The second kappa shape index (κ2) is 12.3. The average Bonchev–Trinajstić information content (AvgIpc) is 3.52. The number of nitrogens with one attached hydrogen (secondary N) is 1. The van der Waals surface area contributed by atoms with Crippen molar-refractivity contribution >= 4 is 32.9 Å². The van der Waals surface area contributed by atoms with Gasteiger partial charge in [0.15, 0.2) is 0 Å². The number of benzene rings is 9. The summed E-state index contributed by atoms with van der Waals surface area (Å²) in [5.74, 6) is 0. The fourth-order valence-electron chi connectivity index (χ4n) is 8.55. The first-order valence-electron chi connectivity index (χ1n) is 18.0. The highest BCUT2D eigenvalue weighted by atomic mass is 14.9. The Kier molecular flexibility index (Phi) is 7.11. The van der Waals surface area contributed by atoms with Crippen LogP contribution < -0.4 is 5.32 Å². The lowest BCUT2D eigenvalue weighted by molar-refractivity contribution is 0.769. The van der Waals surface area contributed by atoms with Gasteiger partial charge >= 0.3 is 0 Å². The topological polar surface area (TPSA) is 12.0 Å². The van der Waals surface area contributed by atoms with Crippen molar-refractivity contribution in [1.82, 2.24) is 0 Å². The van der Waals surface area contributed by atoms with Crippen LogP contribution in [0.4, 0.5) is 11.4 Å². The Morgan fingerprint density at radius 1 is 0.327 bits per heavy atom. The largest absolute Gasteiger partial charge is 0.355 e. The van der Waals surface area contributed by atoms with Gasteiger partial charge < -0.3 is 5.32 Å². The first-order chi connectivity index (χ1) is 25.8. The van der Waals surface area contributed by atoms with Gasteiger partial charge in [-0.1, -0.05) is 176 Å². The van der Waals surface area contributed by atoms with E-state index in [-0.39, 0.29) is 0 Å². The van der Waals surface area contributed by atoms with Gasteiger partial charge in [-0.2, -0.15) is 0 Å². The molecule has 244 valence electrons. The van der Waals surface area contributed by atoms with Crippen LogP contribution in [0, 0.1) is 0 Å². The van der Waals surface area contributed by atoms with E-state index in [1.54, 1.807) is 0 Å². The predicted molar refractivity (Wildman–Crippen MR) is 219 cm³/mol. The fraction of sp³-hybridized carbons (Fsp3) is 0.0196. The van der Waals surface area contributed by atoms with Gasteiger partial charge in [-0.25, -0.2) is 0 Å². The van der Waals surface area contributed by atoms with E-state index in [1.807, 2.05) is 0 Å². The third-order valence-corrected chi connectivity index (χ3v) is 10.9. The van der Waals surface area contributed by atoms with Crippen LogP contribution in [0.2, 0.25) is 0 Å². The third-order valence-electron chi connectivity index (χ3n) is 10.9. The van der Waals surface area contributed by atoms with Crippen molar-refractivity contribution in [2.24, 2.45) is 0 Å². The van der Waals surface area contributed by atoms with Crippen molar-refractivity contribution in [3.63, 3.8) is 0 Å². The average molecular weight is 662 g/mol. The summed E-state index contributed by atoms with van der Waals surface area (Å²) in [6, 6.07) is 75.3. The monoisotopic (exact) mass is 661 g/mol. The van der Waals surface area contributed by atoms with E-state index in [4.69, 9.17) is 0 Å². The van der Waals surface area contributed by atoms with Gasteiger partial charge in [0.25, 0.3) is 0 Å². The molecule has 1 aliphatic rings. The molecule has 0 atom stereocenters. The lowest BCUT2D eigenvalue weighted by atomic mass is 9.67. The van der Waals surface area contributed by atoms with Gasteiger partial charge in [-0.05, 0) is 102 Å². The second-order valence-corrected chi connectivity index (χ2v) is 13.8. The number of hydrogen-bond acceptors (Lipinski definition) is 1. The molecule has 9 aromatic carbocycles. The van der Waals surface area contributed by atoms with E-state index in [0.29, 0.717) is 0 Å². The zero-order chi connectivity index (χ0) is 34.5. The normalized spacial score (nSPS) is 12.8. The number of rotatable bonds is 6. The molecule has 0 bridgehead atoms. The van der Waals surface area contributed by atoms with E-state index in [0.717, 1.165) is 11.4 Å². The molecule has 0 aliphatic heterocycles. The number of para-hydroxylation sites is 1. The smallest absolute Gasteiger partial charge is 0.0713 e. The quantitative estimate of drug-likeness (QED) is 0.175. The van der Waals surface area contributed by atoms with E-state index in [2.05, 4.69) is 212 Å². The van der Waals surface area contributed by atoms with Crippen LogP contribution >= 0.6 is 0 Å². The Hall–Kier alpha value is -6.70. The summed E-state index contributed by atoms with van der Waals surface area (Å²) in [6.45, 7) is 0. The van der Waals surface area contributed by atoms with Gasteiger partial charge in [-0.15, -0.1) is 0 Å². The molecule has 1 N–H and O–H groups in total. The number of hydrogen-bond donors (Lipinski definition) is 1. The Balaban J connectivity index is 1.01. The van der Waals surface area contributed by atoms with Crippen molar-refractivity contribution in [2.45, 2.75) is 5.41 Å². The number of fused-ring (bicyclic) bond motifs is 6. The molecule has 0 heterocycles. The molecule has 0 saturated heterocycles. The van der Waals surface area contributed by atoms with Crippen LogP contribution in [0.15, 0.2) is 206 Å². The standard InChI is InChI=1S/C51H35N/c1-3-14-40(15-4-1)51(41-16-5-2-6-17-41)48-21-11-9-20-46(48)47-32-27-37(34-49(47)51)35-25-29-42(30-26-35)52-50-22-12-10-19-45(50)39-28-31-44-38(33-39)24-23-36-13-7-8-18-43(36)44/h1-34,52H. The van der Waals surface area contributed by atoms with Crippen LogP contribution in [0.25, 0.3) is 54.9 Å². The number of anilines is 2. The molecule has 0 radical (unpaired) electrons. The third kappa shape index (κ3) is 4.78.